The van der Waals surface area contributed by atoms with Crippen LogP contribution in [0, 0.1) is 20.8 Å². The Kier molecular flexibility index (Phi) is 3.74. The van der Waals surface area contributed by atoms with Gasteiger partial charge >= 0.3 is 0 Å². The van der Waals surface area contributed by atoms with Gasteiger partial charge in [-0.1, -0.05) is 5.16 Å². The van der Waals surface area contributed by atoms with Gasteiger partial charge in [0.2, 0.25) is 5.91 Å². The highest BCUT2D eigenvalue weighted by Gasteiger charge is 2.35. The fourth-order valence-electron chi connectivity index (χ4n) is 2.80. The van der Waals surface area contributed by atoms with Crippen LogP contribution in [-0.4, -0.2) is 44.9 Å². The smallest absolute Gasteiger partial charge is 0.242 e. The maximum atomic E-state index is 12.2. The van der Waals surface area contributed by atoms with Gasteiger partial charge in [0.05, 0.1) is 17.8 Å². The minimum absolute atomic E-state index is 0.0693. The highest BCUT2D eigenvalue weighted by molar-refractivity contribution is 5.93. The van der Waals surface area contributed by atoms with Gasteiger partial charge in [0.25, 0.3) is 0 Å². The summed E-state index contributed by atoms with van der Waals surface area (Å²) in [4.78, 5) is 14.3. The first-order valence-corrected chi connectivity index (χ1v) is 7.45. The fourth-order valence-corrected chi connectivity index (χ4v) is 2.80. The molecule has 118 valence electrons. The highest BCUT2D eigenvalue weighted by Crippen LogP contribution is 2.25. The van der Waals surface area contributed by atoms with E-state index in [0.29, 0.717) is 17.6 Å². The minimum Gasteiger partial charge on any atom is -0.360 e. The summed E-state index contributed by atoms with van der Waals surface area (Å²) in [5, 5.41) is 11.1. The second-order valence-electron chi connectivity index (χ2n) is 5.97. The van der Waals surface area contributed by atoms with Gasteiger partial charge in [0.15, 0.2) is 5.82 Å². The normalized spacial score (nSPS) is 17.3. The van der Waals surface area contributed by atoms with Crippen molar-refractivity contribution in [2.24, 2.45) is 0 Å². The van der Waals surface area contributed by atoms with Crippen LogP contribution in [0.3, 0.4) is 0 Å². The Morgan fingerprint density at radius 3 is 2.64 bits per heavy atom. The Bertz CT molecular complexity index is 684. The average molecular weight is 303 g/mol. The summed E-state index contributed by atoms with van der Waals surface area (Å²) in [6.45, 7) is 9.41. The molecule has 1 saturated heterocycles. The van der Waals surface area contributed by atoms with Crippen molar-refractivity contribution in [1.82, 2.24) is 19.8 Å². The molecule has 0 radical (unpaired) electrons. The number of carbonyl (C=O) groups is 1. The van der Waals surface area contributed by atoms with Gasteiger partial charge in [-0.05, 0) is 33.8 Å². The first-order valence-electron chi connectivity index (χ1n) is 7.45. The summed E-state index contributed by atoms with van der Waals surface area (Å²) in [5.74, 6) is 1.07. The van der Waals surface area contributed by atoms with Crippen LogP contribution in [0.4, 0.5) is 5.82 Å². The van der Waals surface area contributed by atoms with Gasteiger partial charge in [0.1, 0.15) is 5.76 Å². The highest BCUT2D eigenvalue weighted by atomic mass is 16.5. The second kappa shape index (κ2) is 5.57. The van der Waals surface area contributed by atoms with E-state index in [-0.39, 0.29) is 11.9 Å². The van der Waals surface area contributed by atoms with Crippen molar-refractivity contribution in [1.29, 1.82) is 0 Å². The number of aryl methyl sites for hydroxylation is 3. The van der Waals surface area contributed by atoms with Gasteiger partial charge in [-0.15, -0.1) is 0 Å². The van der Waals surface area contributed by atoms with E-state index >= 15 is 0 Å². The lowest BCUT2D eigenvalue weighted by atomic mass is 10.1. The molecule has 1 N–H and O–H groups in total. The molecule has 2 aromatic heterocycles. The molecule has 0 aromatic carbocycles. The molecule has 0 bridgehead atoms. The summed E-state index contributed by atoms with van der Waals surface area (Å²) in [7, 11) is 0. The quantitative estimate of drug-likeness (QED) is 0.930. The third-order valence-electron chi connectivity index (χ3n) is 4.09. The Balaban J connectivity index is 1.55. The van der Waals surface area contributed by atoms with Crippen LogP contribution in [0.25, 0.3) is 0 Å². The number of hydrogen-bond acceptors (Lipinski definition) is 5. The van der Waals surface area contributed by atoms with Gasteiger partial charge < -0.3 is 9.84 Å². The number of anilines is 1. The second-order valence-corrected chi connectivity index (χ2v) is 5.97. The number of nitrogens with one attached hydrogen (secondary N) is 1. The van der Waals surface area contributed by atoms with Crippen LogP contribution in [-0.2, 0) is 4.79 Å². The maximum absolute atomic E-state index is 12.2. The predicted molar refractivity (Wildman–Crippen MR) is 81.6 cm³/mol. The lowest BCUT2D eigenvalue weighted by Gasteiger charge is -2.42. The molecule has 3 heterocycles. The number of carbonyl (C=O) groups excluding carboxylic acids is 1. The molecule has 1 aliphatic heterocycles. The minimum atomic E-state index is -0.203. The molecule has 7 nitrogen and oxygen atoms in total. The average Bonchev–Trinajstić information content (AvgIpc) is 2.94. The van der Waals surface area contributed by atoms with Crippen LogP contribution >= 0.6 is 0 Å². The van der Waals surface area contributed by atoms with Crippen LogP contribution in [0.5, 0.6) is 0 Å². The van der Waals surface area contributed by atoms with Gasteiger partial charge in [0, 0.05) is 24.8 Å². The number of hydrogen-bond donors (Lipinski definition) is 1. The molecule has 1 atom stereocenters. The molecule has 0 aliphatic carbocycles. The van der Waals surface area contributed by atoms with Crippen molar-refractivity contribution in [2.45, 2.75) is 39.8 Å². The lowest BCUT2D eigenvalue weighted by Crippen LogP contribution is -2.55. The number of amides is 1. The van der Waals surface area contributed by atoms with Crippen LogP contribution in [0.1, 0.15) is 30.1 Å². The van der Waals surface area contributed by atoms with Gasteiger partial charge in [-0.3, -0.25) is 14.4 Å². The monoisotopic (exact) mass is 303 g/mol. The maximum Gasteiger partial charge on any atom is 0.242 e. The molecule has 0 saturated carbocycles. The molecule has 7 heteroatoms. The molecule has 0 spiro atoms. The zero-order valence-electron chi connectivity index (χ0n) is 13.3. The zero-order valence-corrected chi connectivity index (χ0v) is 13.3. The number of likely N-dealkylation sites (tertiary alicyclic amines) is 1. The molecular formula is C15H21N5O2. The van der Waals surface area contributed by atoms with E-state index in [2.05, 4.69) is 38.1 Å². The van der Waals surface area contributed by atoms with Crippen LogP contribution in [0.2, 0.25) is 0 Å². The van der Waals surface area contributed by atoms with E-state index in [9.17, 15) is 4.79 Å². The Morgan fingerprint density at radius 2 is 2.09 bits per heavy atom. The predicted octanol–water partition coefficient (Wildman–Crippen LogP) is 1.68. The fraction of sp³-hybridized carbons (Fsp3) is 0.533. The number of aromatic nitrogens is 3. The lowest BCUT2D eigenvalue weighted by molar-refractivity contribution is -0.123. The van der Waals surface area contributed by atoms with Crippen molar-refractivity contribution < 1.29 is 9.32 Å². The molecule has 1 fully saturated rings. The van der Waals surface area contributed by atoms with E-state index in [1.165, 1.54) is 0 Å². The summed E-state index contributed by atoms with van der Waals surface area (Å²) in [6, 6.07) is 3.92. The summed E-state index contributed by atoms with van der Waals surface area (Å²) < 4.78 is 7.00. The van der Waals surface area contributed by atoms with Crippen molar-refractivity contribution >= 4 is 11.7 Å². The number of nitrogens with zero attached hydrogens (tertiary/aromatic N) is 4. The molecular weight excluding hydrogens is 282 g/mol. The third-order valence-corrected chi connectivity index (χ3v) is 4.09. The zero-order chi connectivity index (χ0) is 15.9. The SMILES string of the molecule is Cc1cc(C)n(C2CN([C@@H](C)C(=O)Nc3cc(C)on3)C2)n1. The van der Waals surface area contributed by atoms with Crippen LogP contribution < -0.4 is 5.32 Å². The summed E-state index contributed by atoms with van der Waals surface area (Å²) in [5.41, 5.74) is 2.19. The van der Waals surface area contributed by atoms with E-state index in [0.717, 1.165) is 24.5 Å². The van der Waals surface area contributed by atoms with E-state index < -0.39 is 0 Å². The van der Waals surface area contributed by atoms with Gasteiger partial charge in [-0.25, -0.2) is 0 Å². The molecule has 1 amide bonds. The Morgan fingerprint density at radius 1 is 1.36 bits per heavy atom. The standard InChI is InChI=1S/C15H21N5O2/c1-9-5-10(2)20(17-9)13-7-19(8-13)12(4)15(21)16-14-6-11(3)22-18-14/h5-6,12-13H,7-8H2,1-4H3,(H,16,18,21)/t12-/m0/s1. The molecule has 0 unspecified atom stereocenters. The van der Waals surface area contributed by atoms with E-state index in [4.69, 9.17) is 4.52 Å². The van der Waals surface area contributed by atoms with Crippen molar-refractivity contribution in [2.75, 3.05) is 18.4 Å². The number of rotatable bonds is 4. The molecule has 2 aromatic rings. The molecule has 22 heavy (non-hydrogen) atoms. The van der Waals surface area contributed by atoms with Gasteiger partial charge in [-0.2, -0.15) is 5.10 Å². The van der Waals surface area contributed by atoms with Crippen molar-refractivity contribution in [3.63, 3.8) is 0 Å². The Labute approximate surface area is 129 Å². The topological polar surface area (TPSA) is 76.2 Å². The molecule has 1 aliphatic rings. The first-order chi connectivity index (χ1) is 10.4. The summed E-state index contributed by atoms with van der Waals surface area (Å²) >= 11 is 0. The van der Waals surface area contributed by atoms with Crippen molar-refractivity contribution in [3.8, 4) is 0 Å². The van der Waals surface area contributed by atoms with Crippen LogP contribution in [0.15, 0.2) is 16.7 Å². The largest absolute Gasteiger partial charge is 0.360 e. The molecule has 3 rings (SSSR count). The summed E-state index contributed by atoms with van der Waals surface area (Å²) in [6.07, 6.45) is 0. The van der Waals surface area contributed by atoms with E-state index in [1.54, 1.807) is 13.0 Å². The first kappa shape index (κ1) is 14.8. The van der Waals surface area contributed by atoms with E-state index in [1.807, 2.05) is 13.8 Å². The Hall–Kier alpha value is -2.15. The third kappa shape index (κ3) is 2.76. The van der Waals surface area contributed by atoms with Crippen molar-refractivity contribution in [3.05, 3.63) is 29.3 Å².